The van der Waals surface area contributed by atoms with Crippen LogP contribution in [0.3, 0.4) is 0 Å². The van der Waals surface area contributed by atoms with Gasteiger partial charge in [-0.15, -0.1) is 0 Å². The molecule has 1 aliphatic carbocycles. The van der Waals surface area contributed by atoms with Gasteiger partial charge in [-0.3, -0.25) is 0 Å². The first-order valence-corrected chi connectivity index (χ1v) is 8.94. The number of fused-ring (bicyclic) bond motifs is 1. The highest BCUT2D eigenvalue weighted by Gasteiger charge is 2.20. The number of oxazole rings is 1. The molecule has 0 spiro atoms. The second-order valence-corrected chi connectivity index (χ2v) is 7.45. The summed E-state index contributed by atoms with van der Waals surface area (Å²) in [5.74, 6) is 0.0251. The first kappa shape index (κ1) is 15.2. The number of sulfonamides is 1. The molecule has 1 aromatic heterocycles. The monoisotopic (exact) mass is 327 g/mol. The first-order chi connectivity index (χ1) is 10.5. The number of nitrogens with zero attached hydrogens (tertiary/aromatic N) is 1. The van der Waals surface area contributed by atoms with Gasteiger partial charge < -0.3 is 9.73 Å². The Kier molecular flexibility index (Phi) is 4.30. The van der Waals surface area contributed by atoms with E-state index in [0.29, 0.717) is 23.6 Å². The van der Waals surface area contributed by atoms with Gasteiger partial charge in [-0.25, -0.2) is 17.5 Å². The molecule has 6 nitrogen and oxygen atoms in total. The first-order valence-electron chi connectivity index (χ1n) is 7.29. The quantitative estimate of drug-likeness (QED) is 0.813. The molecule has 0 unspecified atom stereocenters. The van der Waals surface area contributed by atoms with E-state index in [-0.39, 0.29) is 18.3 Å². The summed E-state index contributed by atoms with van der Waals surface area (Å²) < 4.78 is 44.7. The van der Waals surface area contributed by atoms with Gasteiger partial charge in [0.2, 0.25) is 10.0 Å². The smallest absolute Gasteiger partial charge is 0.295 e. The Bertz CT molecular complexity index is 756. The Morgan fingerprint density at radius 3 is 2.91 bits per heavy atom. The van der Waals surface area contributed by atoms with E-state index in [9.17, 15) is 12.8 Å². The van der Waals surface area contributed by atoms with E-state index in [0.717, 1.165) is 12.8 Å². The van der Waals surface area contributed by atoms with Crippen LogP contribution >= 0.6 is 0 Å². The Balaban J connectivity index is 1.50. The van der Waals surface area contributed by atoms with Gasteiger partial charge in [-0.1, -0.05) is 6.42 Å². The highest BCUT2D eigenvalue weighted by Crippen LogP contribution is 2.25. The normalized spacial score (nSPS) is 15.9. The number of hydrogen-bond donors (Lipinski definition) is 2. The molecule has 3 rings (SSSR count). The fraction of sp³-hybridized carbons (Fsp3) is 0.500. The zero-order valence-electron chi connectivity index (χ0n) is 12.0. The van der Waals surface area contributed by atoms with Crippen molar-refractivity contribution in [2.45, 2.75) is 19.3 Å². The largest absolute Gasteiger partial charge is 0.424 e. The molecule has 120 valence electrons. The third kappa shape index (κ3) is 3.75. The number of nitrogens with one attached hydrogen (secondary N) is 2. The third-order valence-electron chi connectivity index (χ3n) is 3.81. The molecule has 8 heteroatoms. The van der Waals surface area contributed by atoms with Gasteiger partial charge in [0.15, 0.2) is 5.58 Å². The number of anilines is 1. The van der Waals surface area contributed by atoms with Crippen molar-refractivity contribution in [2.75, 3.05) is 24.2 Å². The van der Waals surface area contributed by atoms with Crippen molar-refractivity contribution in [3.05, 3.63) is 24.0 Å². The molecule has 1 heterocycles. The third-order valence-corrected chi connectivity index (χ3v) is 5.16. The predicted molar refractivity (Wildman–Crippen MR) is 81.6 cm³/mol. The molecule has 0 saturated heterocycles. The maximum absolute atomic E-state index is 13.0. The average molecular weight is 327 g/mol. The van der Waals surface area contributed by atoms with Crippen molar-refractivity contribution in [1.29, 1.82) is 0 Å². The van der Waals surface area contributed by atoms with Crippen LogP contribution in [0.5, 0.6) is 0 Å². The highest BCUT2D eigenvalue weighted by molar-refractivity contribution is 7.89. The van der Waals surface area contributed by atoms with E-state index in [2.05, 4.69) is 15.0 Å². The zero-order valence-corrected chi connectivity index (χ0v) is 12.8. The molecule has 2 N–H and O–H groups in total. The van der Waals surface area contributed by atoms with E-state index < -0.39 is 15.8 Å². The van der Waals surface area contributed by atoms with Crippen LogP contribution in [0.25, 0.3) is 11.1 Å². The summed E-state index contributed by atoms with van der Waals surface area (Å²) in [6, 6.07) is 4.22. The Morgan fingerprint density at radius 2 is 2.18 bits per heavy atom. The number of rotatable bonds is 7. The lowest BCUT2D eigenvalue weighted by atomic mass is 9.86. The fourth-order valence-electron chi connectivity index (χ4n) is 2.28. The van der Waals surface area contributed by atoms with Crippen molar-refractivity contribution in [3.63, 3.8) is 0 Å². The van der Waals surface area contributed by atoms with E-state index in [1.165, 1.54) is 24.6 Å². The van der Waals surface area contributed by atoms with Gasteiger partial charge in [-0.2, -0.15) is 4.98 Å². The molecule has 1 aliphatic rings. The van der Waals surface area contributed by atoms with Crippen LogP contribution in [-0.4, -0.2) is 32.2 Å². The SMILES string of the molecule is O=S(=O)(CCNc1nc2cc(F)ccc2o1)NCC1CCC1. The van der Waals surface area contributed by atoms with Crippen molar-refractivity contribution >= 4 is 27.1 Å². The number of hydrogen-bond acceptors (Lipinski definition) is 5. The molecule has 1 fully saturated rings. The molecular weight excluding hydrogens is 309 g/mol. The highest BCUT2D eigenvalue weighted by atomic mass is 32.2. The summed E-state index contributed by atoms with van der Waals surface area (Å²) in [6.07, 6.45) is 3.38. The lowest BCUT2D eigenvalue weighted by Crippen LogP contribution is -2.35. The molecule has 22 heavy (non-hydrogen) atoms. The molecule has 0 radical (unpaired) electrons. The van der Waals surface area contributed by atoms with Crippen LogP contribution in [0.2, 0.25) is 0 Å². The van der Waals surface area contributed by atoms with Gasteiger partial charge in [0.05, 0.1) is 5.75 Å². The van der Waals surface area contributed by atoms with Crippen molar-refractivity contribution in [3.8, 4) is 0 Å². The molecule has 1 aromatic carbocycles. The Labute approximate surface area is 128 Å². The number of halogens is 1. The van der Waals surface area contributed by atoms with Gasteiger partial charge in [0, 0.05) is 19.2 Å². The minimum absolute atomic E-state index is 0.0627. The molecular formula is C14H18FN3O3S. The molecule has 0 aliphatic heterocycles. The summed E-state index contributed by atoms with van der Waals surface area (Å²) in [5.41, 5.74) is 0.850. The fourth-order valence-corrected chi connectivity index (χ4v) is 3.29. The molecule has 0 atom stereocenters. The Morgan fingerprint density at radius 1 is 1.36 bits per heavy atom. The lowest BCUT2D eigenvalue weighted by Gasteiger charge is -2.25. The van der Waals surface area contributed by atoms with E-state index in [1.807, 2.05) is 0 Å². The zero-order chi connectivity index (χ0) is 15.6. The topological polar surface area (TPSA) is 84.2 Å². The van der Waals surface area contributed by atoms with Gasteiger partial charge in [0.1, 0.15) is 11.3 Å². The van der Waals surface area contributed by atoms with Crippen LogP contribution in [-0.2, 0) is 10.0 Å². The molecule has 0 bridgehead atoms. The standard InChI is InChI=1S/C14H18FN3O3S/c15-11-4-5-13-12(8-11)18-14(21-13)16-6-7-22(19,20)17-9-10-2-1-3-10/h4-5,8,10,17H,1-3,6-7,9H2,(H,16,18). The van der Waals surface area contributed by atoms with Crippen molar-refractivity contribution in [2.24, 2.45) is 5.92 Å². The minimum atomic E-state index is -3.30. The van der Waals surface area contributed by atoms with Gasteiger partial charge in [0.25, 0.3) is 6.01 Å². The van der Waals surface area contributed by atoms with Crippen molar-refractivity contribution < 1.29 is 17.2 Å². The average Bonchev–Trinajstić information content (AvgIpc) is 2.78. The van der Waals surface area contributed by atoms with Crippen LogP contribution in [0.1, 0.15) is 19.3 Å². The summed E-state index contributed by atoms with van der Waals surface area (Å²) in [6.45, 7) is 0.694. The lowest BCUT2D eigenvalue weighted by molar-refractivity contribution is 0.316. The maximum atomic E-state index is 13.0. The summed E-state index contributed by atoms with van der Waals surface area (Å²) in [7, 11) is -3.30. The van der Waals surface area contributed by atoms with E-state index >= 15 is 0 Å². The summed E-state index contributed by atoms with van der Waals surface area (Å²) in [5, 5.41) is 2.81. The van der Waals surface area contributed by atoms with E-state index in [1.54, 1.807) is 0 Å². The summed E-state index contributed by atoms with van der Waals surface area (Å²) in [4.78, 5) is 4.06. The summed E-state index contributed by atoms with van der Waals surface area (Å²) >= 11 is 0. The Hall–Kier alpha value is -1.67. The second-order valence-electron chi connectivity index (χ2n) is 5.52. The van der Waals surface area contributed by atoms with Crippen LogP contribution in [0.15, 0.2) is 22.6 Å². The van der Waals surface area contributed by atoms with Gasteiger partial charge in [-0.05, 0) is 30.9 Å². The molecule has 0 amide bonds. The molecule has 2 aromatic rings. The molecule has 1 saturated carbocycles. The number of aromatic nitrogens is 1. The van der Waals surface area contributed by atoms with Crippen molar-refractivity contribution in [1.82, 2.24) is 9.71 Å². The van der Waals surface area contributed by atoms with Crippen LogP contribution in [0.4, 0.5) is 10.4 Å². The van der Waals surface area contributed by atoms with Crippen LogP contribution in [0, 0.1) is 11.7 Å². The minimum Gasteiger partial charge on any atom is -0.424 e. The van der Waals surface area contributed by atoms with Gasteiger partial charge >= 0.3 is 0 Å². The predicted octanol–water partition coefficient (Wildman–Crippen LogP) is 2.10. The maximum Gasteiger partial charge on any atom is 0.295 e. The van der Waals surface area contributed by atoms with E-state index in [4.69, 9.17) is 4.42 Å². The number of benzene rings is 1. The second kappa shape index (κ2) is 6.21. The van der Waals surface area contributed by atoms with Crippen LogP contribution < -0.4 is 10.0 Å².